The minimum atomic E-state index is -0.768. The Kier molecular flexibility index (Phi) is 13.6. The summed E-state index contributed by atoms with van der Waals surface area (Å²) in [6, 6.07) is 1.76. The van der Waals surface area contributed by atoms with E-state index in [1.54, 1.807) is 12.3 Å². The van der Waals surface area contributed by atoms with E-state index in [2.05, 4.69) is 17.2 Å². The molecule has 0 saturated carbocycles. The maximum Gasteiger partial charge on any atom is 0.351 e. The first kappa shape index (κ1) is 26.8. The molecule has 1 aliphatic heterocycles. The molecular formula is C25H45N3O4. The van der Waals surface area contributed by atoms with Crippen LogP contribution < -0.4 is 11.0 Å². The normalized spacial score (nSPS) is 20.7. The SMILES string of the molecule is CCCCCCCCCCCCCCCCNc1ccn([C@H]2C[C@H](O)[C@@H](CO)O2)c(=O)n1. The highest BCUT2D eigenvalue weighted by Gasteiger charge is 2.34. The van der Waals surface area contributed by atoms with Crippen LogP contribution in [0.25, 0.3) is 0 Å². The standard InChI is InChI=1S/C25H45N3O4/c1-2-3-4-5-6-7-8-9-10-11-12-13-14-15-17-26-23-16-18-28(25(31)27-23)24-19-21(30)22(20-29)32-24/h16,18,21-22,24,29-30H,2-15,17,19-20H2,1H3,(H,26,27,31)/t21-,22+,24+/m0/s1. The van der Waals surface area contributed by atoms with Crippen molar-refractivity contribution in [3.63, 3.8) is 0 Å². The monoisotopic (exact) mass is 451 g/mol. The van der Waals surface area contributed by atoms with Crippen molar-refractivity contribution >= 4 is 5.82 Å². The van der Waals surface area contributed by atoms with Crippen molar-refractivity contribution < 1.29 is 14.9 Å². The third kappa shape index (κ3) is 10.0. The molecule has 2 rings (SSSR count). The van der Waals surface area contributed by atoms with E-state index in [0.717, 1.165) is 13.0 Å². The third-order valence-corrected chi connectivity index (χ3v) is 6.36. The van der Waals surface area contributed by atoms with E-state index in [1.807, 2.05) is 0 Å². The molecule has 2 heterocycles. The fourth-order valence-corrected chi connectivity index (χ4v) is 4.32. The number of nitrogens with zero attached hydrogens (tertiary/aromatic N) is 2. The number of aliphatic hydroxyl groups excluding tert-OH is 2. The highest BCUT2D eigenvalue weighted by molar-refractivity contribution is 5.31. The number of rotatable bonds is 18. The summed E-state index contributed by atoms with van der Waals surface area (Å²) in [4.78, 5) is 16.3. The number of ether oxygens (including phenoxy) is 1. The molecule has 0 spiro atoms. The first-order chi connectivity index (χ1) is 15.7. The zero-order valence-corrected chi connectivity index (χ0v) is 20.0. The largest absolute Gasteiger partial charge is 0.394 e. The molecule has 7 heteroatoms. The van der Waals surface area contributed by atoms with Crippen molar-refractivity contribution in [2.75, 3.05) is 18.5 Å². The van der Waals surface area contributed by atoms with Gasteiger partial charge in [-0.3, -0.25) is 4.57 Å². The molecule has 1 saturated heterocycles. The lowest BCUT2D eigenvalue weighted by molar-refractivity contribution is -0.0458. The van der Waals surface area contributed by atoms with Gasteiger partial charge in [-0.2, -0.15) is 4.98 Å². The van der Waals surface area contributed by atoms with Gasteiger partial charge in [0, 0.05) is 19.2 Å². The van der Waals surface area contributed by atoms with Crippen LogP contribution in [0.5, 0.6) is 0 Å². The van der Waals surface area contributed by atoms with E-state index in [-0.39, 0.29) is 13.0 Å². The minimum absolute atomic E-state index is 0.265. The van der Waals surface area contributed by atoms with Crippen molar-refractivity contribution in [3.8, 4) is 0 Å². The van der Waals surface area contributed by atoms with Crippen LogP contribution in [0.1, 0.15) is 109 Å². The fraction of sp³-hybridized carbons (Fsp3) is 0.840. The Balaban J connectivity index is 1.47. The van der Waals surface area contributed by atoms with Gasteiger partial charge in [-0.15, -0.1) is 0 Å². The van der Waals surface area contributed by atoms with E-state index < -0.39 is 24.1 Å². The Morgan fingerprint density at radius 2 is 1.56 bits per heavy atom. The zero-order chi connectivity index (χ0) is 23.0. The molecule has 0 amide bonds. The van der Waals surface area contributed by atoms with Crippen molar-refractivity contribution in [2.24, 2.45) is 0 Å². The van der Waals surface area contributed by atoms with Crippen LogP contribution in [0.3, 0.4) is 0 Å². The van der Waals surface area contributed by atoms with Crippen LogP contribution in [0.2, 0.25) is 0 Å². The average Bonchev–Trinajstić information content (AvgIpc) is 3.16. The molecule has 184 valence electrons. The van der Waals surface area contributed by atoms with E-state index >= 15 is 0 Å². The number of anilines is 1. The van der Waals surface area contributed by atoms with Gasteiger partial charge in [0.05, 0.1) is 12.7 Å². The second kappa shape index (κ2) is 16.2. The van der Waals surface area contributed by atoms with Gasteiger partial charge in [0.1, 0.15) is 18.1 Å². The number of unbranched alkanes of at least 4 members (excludes halogenated alkanes) is 13. The van der Waals surface area contributed by atoms with Gasteiger partial charge in [-0.1, -0.05) is 90.4 Å². The predicted molar refractivity (Wildman–Crippen MR) is 129 cm³/mol. The Morgan fingerprint density at radius 3 is 2.06 bits per heavy atom. The predicted octanol–water partition coefficient (Wildman–Crippen LogP) is 4.78. The van der Waals surface area contributed by atoms with Crippen molar-refractivity contribution in [1.29, 1.82) is 0 Å². The molecule has 0 aromatic carbocycles. The van der Waals surface area contributed by atoms with Gasteiger partial charge in [-0.25, -0.2) is 4.79 Å². The van der Waals surface area contributed by atoms with Gasteiger partial charge in [0.15, 0.2) is 0 Å². The van der Waals surface area contributed by atoms with E-state index in [0.29, 0.717) is 5.82 Å². The number of aromatic nitrogens is 2. The smallest absolute Gasteiger partial charge is 0.351 e. The molecule has 32 heavy (non-hydrogen) atoms. The average molecular weight is 452 g/mol. The fourth-order valence-electron chi connectivity index (χ4n) is 4.32. The Hall–Kier alpha value is -1.44. The first-order valence-corrected chi connectivity index (χ1v) is 12.9. The van der Waals surface area contributed by atoms with Gasteiger partial charge >= 0.3 is 5.69 Å². The van der Waals surface area contributed by atoms with Crippen molar-refractivity contribution in [3.05, 3.63) is 22.7 Å². The van der Waals surface area contributed by atoms with Crippen molar-refractivity contribution in [2.45, 2.75) is 122 Å². The molecule has 1 fully saturated rings. The molecule has 0 aliphatic carbocycles. The van der Waals surface area contributed by atoms with Crippen LogP contribution in [0.15, 0.2) is 17.1 Å². The number of hydrogen-bond acceptors (Lipinski definition) is 6. The third-order valence-electron chi connectivity index (χ3n) is 6.36. The molecule has 7 nitrogen and oxygen atoms in total. The molecule has 1 aliphatic rings. The Morgan fingerprint density at radius 1 is 1.00 bits per heavy atom. The number of hydrogen-bond donors (Lipinski definition) is 3. The molecule has 0 radical (unpaired) electrons. The quantitative estimate of drug-likeness (QED) is 0.278. The maximum absolute atomic E-state index is 12.3. The van der Waals surface area contributed by atoms with Crippen molar-refractivity contribution in [1.82, 2.24) is 9.55 Å². The van der Waals surface area contributed by atoms with E-state index in [9.17, 15) is 15.0 Å². The summed E-state index contributed by atoms with van der Waals surface area (Å²) >= 11 is 0. The van der Waals surface area contributed by atoms with Crippen LogP contribution in [0.4, 0.5) is 5.82 Å². The minimum Gasteiger partial charge on any atom is -0.394 e. The Bertz CT molecular complexity index is 667. The zero-order valence-electron chi connectivity index (χ0n) is 20.0. The van der Waals surface area contributed by atoms with Gasteiger partial charge in [0.2, 0.25) is 0 Å². The molecule has 3 atom stereocenters. The second-order valence-corrected chi connectivity index (χ2v) is 9.14. The summed E-state index contributed by atoms with van der Waals surface area (Å²) in [5.41, 5.74) is -0.410. The Labute approximate surface area is 193 Å². The van der Waals surface area contributed by atoms with E-state index in [1.165, 1.54) is 88.0 Å². The molecule has 1 aromatic rings. The van der Waals surface area contributed by atoms with Gasteiger partial charge in [0.25, 0.3) is 0 Å². The second-order valence-electron chi connectivity index (χ2n) is 9.14. The molecule has 1 aromatic heterocycles. The van der Waals surface area contributed by atoms with Gasteiger partial charge < -0.3 is 20.3 Å². The molecule has 3 N–H and O–H groups in total. The highest BCUT2D eigenvalue weighted by atomic mass is 16.5. The lowest BCUT2D eigenvalue weighted by Crippen LogP contribution is -2.28. The maximum atomic E-state index is 12.3. The van der Waals surface area contributed by atoms with E-state index in [4.69, 9.17) is 4.74 Å². The van der Waals surface area contributed by atoms with Crippen LogP contribution in [0, 0.1) is 0 Å². The first-order valence-electron chi connectivity index (χ1n) is 12.9. The summed E-state index contributed by atoms with van der Waals surface area (Å²) in [5, 5.41) is 22.2. The number of aliphatic hydroxyl groups is 2. The van der Waals surface area contributed by atoms with Crippen LogP contribution in [-0.4, -0.2) is 45.1 Å². The highest BCUT2D eigenvalue weighted by Crippen LogP contribution is 2.27. The topological polar surface area (TPSA) is 96.6 Å². The lowest BCUT2D eigenvalue weighted by Gasteiger charge is -2.14. The molecule has 0 bridgehead atoms. The lowest BCUT2D eigenvalue weighted by atomic mass is 10.0. The molecule has 0 unspecified atom stereocenters. The summed E-state index contributed by atoms with van der Waals surface area (Å²) in [6.07, 6.45) is 18.6. The number of nitrogens with one attached hydrogen (secondary N) is 1. The summed E-state index contributed by atoms with van der Waals surface area (Å²) in [7, 11) is 0. The summed E-state index contributed by atoms with van der Waals surface area (Å²) in [5.74, 6) is 0.568. The summed E-state index contributed by atoms with van der Waals surface area (Å²) in [6.45, 7) is 2.81. The van der Waals surface area contributed by atoms with Crippen LogP contribution in [-0.2, 0) is 4.74 Å². The van der Waals surface area contributed by atoms with Gasteiger partial charge in [-0.05, 0) is 12.5 Å². The summed E-state index contributed by atoms with van der Waals surface area (Å²) < 4.78 is 6.89. The van der Waals surface area contributed by atoms with Crippen LogP contribution >= 0.6 is 0 Å². The molecular weight excluding hydrogens is 406 g/mol.